The van der Waals surface area contributed by atoms with Crippen molar-refractivity contribution in [3.63, 3.8) is 0 Å². The number of fused-ring (bicyclic) bond motifs is 2. The molecule has 0 saturated carbocycles. The van der Waals surface area contributed by atoms with E-state index in [4.69, 9.17) is 0 Å². The van der Waals surface area contributed by atoms with E-state index in [1.54, 1.807) is 0 Å². The molecule has 144 valence electrons. The van der Waals surface area contributed by atoms with E-state index in [0.717, 1.165) is 13.0 Å². The Morgan fingerprint density at radius 2 is 1.48 bits per heavy atom. The number of aromatic nitrogens is 1. The molecule has 1 heteroatoms. The van der Waals surface area contributed by atoms with Crippen LogP contribution >= 0.6 is 0 Å². The maximum absolute atomic E-state index is 2.49. The second kappa shape index (κ2) is 7.08. The van der Waals surface area contributed by atoms with Gasteiger partial charge in [-0.2, -0.15) is 0 Å². The van der Waals surface area contributed by atoms with Gasteiger partial charge in [0.25, 0.3) is 0 Å². The van der Waals surface area contributed by atoms with E-state index in [2.05, 4.69) is 104 Å². The van der Waals surface area contributed by atoms with E-state index in [9.17, 15) is 0 Å². The van der Waals surface area contributed by atoms with Crippen LogP contribution in [0.5, 0.6) is 0 Å². The van der Waals surface area contributed by atoms with Gasteiger partial charge in [-0.05, 0) is 47.7 Å². The number of allylic oxidation sites excluding steroid dienone is 2. The average molecular weight is 378 g/mol. The maximum atomic E-state index is 2.49. The fourth-order valence-corrected chi connectivity index (χ4v) is 4.96. The van der Waals surface area contributed by atoms with E-state index in [0.29, 0.717) is 5.92 Å². The lowest BCUT2D eigenvalue weighted by atomic mass is 9.96. The molecule has 1 aromatic heterocycles. The van der Waals surface area contributed by atoms with Gasteiger partial charge < -0.3 is 4.57 Å². The Labute approximate surface area is 173 Å². The lowest BCUT2D eigenvalue weighted by Crippen LogP contribution is -2.02. The summed E-state index contributed by atoms with van der Waals surface area (Å²) in [5.41, 5.74) is 11.5. The standard InChI is InChI=1S/C28H27N/c1-19-20(2)26(24-14-8-7-13-23(19)24)17-27-21(3)29(18-22-11-5-4-6-12-22)28-16-10-9-15-25(27)28/h4-16,19H,17-18H2,1-3H3. The fourth-order valence-electron chi connectivity index (χ4n) is 4.96. The molecule has 0 spiro atoms. The highest BCUT2D eigenvalue weighted by Crippen LogP contribution is 2.44. The van der Waals surface area contributed by atoms with Gasteiger partial charge in [-0.3, -0.25) is 0 Å². The molecule has 0 bridgehead atoms. The third-order valence-corrected chi connectivity index (χ3v) is 6.78. The summed E-state index contributed by atoms with van der Waals surface area (Å²) in [6.07, 6.45) is 1.00. The highest BCUT2D eigenvalue weighted by Gasteiger charge is 2.26. The molecule has 29 heavy (non-hydrogen) atoms. The third-order valence-electron chi connectivity index (χ3n) is 6.78. The van der Waals surface area contributed by atoms with Gasteiger partial charge in [-0.25, -0.2) is 0 Å². The van der Waals surface area contributed by atoms with Crippen LogP contribution in [0.4, 0.5) is 0 Å². The first-order valence-corrected chi connectivity index (χ1v) is 10.5. The van der Waals surface area contributed by atoms with Crippen LogP contribution in [0.3, 0.4) is 0 Å². The molecule has 1 unspecified atom stereocenters. The van der Waals surface area contributed by atoms with Crippen molar-refractivity contribution in [2.45, 2.75) is 39.7 Å². The molecule has 1 aliphatic rings. The summed E-state index contributed by atoms with van der Waals surface area (Å²) in [4.78, 5) is 0. The molecule has 3 aromatic carbocycles. The summed E-state index contributed by atoms with van der Waals surface area (Å²) in [7, 11) is 0. The Balaban J connectivity index is 1.63. The van der Waals surface area contributed by atoms with Crippen molar-refractivity contribution in [1.29, 1.82) is 0 Å². The fraction of sp³-hybridized carbons (Fsp3) is 0.214. The molecule has 0 N–H and O–H groups in total. The Hall–Kier alpha value is -3.06. The molecule has 5 rings (SSSR count). The van der Waals surface area contributed by atoms with E-state index in [1.807, 2.05) is 0 Å². The summed E-state index contributed by atoms with van der Waals surface area (Å²) >= 11 is 0. The Morgan fingerprint density at radius 1 is 0.793 bits per heavy atom. The van der Waals surface area contributed by atoms with Gasteiger partial charge in [-0.15, -0.1) is 0 Å². The van der Waals surface area contributed by atoms with Gasteiger partial charge in [0.2, 0.25) is 0 Å². The normalized spacial score (nSPS) is 15.9. The van der Waals surface area contributed by atoms with Crippen molar-refractivity contribution >= 4 is 16.5 Å². The maximum Gasteiger partial charge on any atom is 0.0488 e. The number of nitrogens with zero attached hydrogens (tertiary/aromatic N) is 1. The molecule has 0 aliphatic heterocycles. The molecule has 1 heterocycles. The van der Waals surface area contributed by atoms with Gasteiger partial charge in [-0.1, -0.05) is 85.3 Å². The van der Waals surface area contributed by atoms with E-state index < -0.39 is 0 Å². The predicted octanol–water partition coefficient (Wildman–Crippen LogP) is 7.13. The minimum absolute atomic E-state index is 0.513. The van der Waals surface area contributed by atoms with Gasteiger partial charge in [0.15, 0.2) is 0 Å². The summed E-state index contributed by atoms with van der Waals surface area (Å²) in [6.45, 7) is 7.86. The average Bonchev–Trinajstić information content (AvgIpc) is 3.16. The summed E-state index contributed by atoms with van der Waals surface area (Å²) < 4.78 is 2.49. The molecular weight excluding hydrogens is 350 g/mol. The van der Waals surface area contributed by atoms with E-state index in [1.165, 1.54) is 50.0 Å². The van der Waals surface area contributed by atoms with Crippen LogP contribution < -0.4 is 0 Å². The smallest absolute Gasteiger partial charge is 0.0488 e. The molecule has 1 atom stereocenters. The van der Waals surface area contributed by atoms with Crippen molar-refractivity contribution in [2.24, 2.45) is 0 Å². The molecule has 1 nitrogen and oxygen atoms in total. The van der Waals surface area contributed by atoms with Gasteiger partial charge in [0.05, 0.1) is 0 Å². The first kappa shape index (κ1) is 18.0. The summed E-state index contributed by atoms with van der Waals surface area (Å²) in [5, 5.41) is 1.39. The lowest BCUT2D eigenvalue weighted by molar-refractivity contribution is 0.799. The number of hydrogen-bond acceptors (Lipinski definition) is 0. The number of benzene rings is 3. The Morgan fingerprint density at radius 3 is 2.31 bits per heavy atom. The topological polar surface area (TPSA) is 4.93 Å². The van der Waals surface area contributed by atoms with Crippen molar-refractivity contribution in [2.75, 3.05) is 0 Å². The predicted molar refractivity (Wildman–Crippen MR) is 123 cm³/mol. The molecule has 0 amide bonds. The van der Waals surface area contributed by atoms with Gasteiger partial charge >= 0.3 is 0 Å². The number of rotatable bonds is 4. The third kappa shape index (κ3) is 2.93. The first-order chi connectivity index (χ1) is 14.1. The molecule has 1 aliphatic carbocycles. The quantitative estimate of drug-likeness (QED) is 0.356. The Kier molecular flexibility index (Phi) is 4.39. The molecular formula is C28H27N. The van der Waals surface area contributed by atoms with Gasteiger partial charge in [0, 0.05) is 35.5 Å². The lowest BCUT2D eigenvalue weighted by Gasteiger charge is -2.11. The largest absolute Gasteiger partial charge is 0.340 e. The molecule has 4 aromatic rings. The van der Waals surface area contributed by atoms with Crippen LogP contribution in [0.1, 0.15) is 47.7 Å². The van der Waals surface area contributed by atoms with E-state index >= 15 is 0 Å². The van der Waals surface area contributed by atoms with Crippen LogP contribution in [0.2, 0.25) is 0 Å². The highest BCUT2D eigenvalue weighted by molar-refractivity contribution is 5.89. The van der Waals surface area contributed by atoms with E-state index in [-0.39, 0.29) is 0 Å². The van der Waals surface area contributed by atoms with Crippen LogP contribution in [0.25, 0.3) is 16.5 Å². The summed E-state index contributed by atoms with van der Waals surface area (Å²) in [6, 6.07) is 28.6. The number of para-hydroxylation sites is 1. The second-order valence-corrected chi connectivity index (χ2v) is 8.30. The van der Waals surface area contributed by atoms with Crippen molar-refractivity contribution in [3.8, 4) is 0 Å². The zero-order chi connectivity index (χ0) is 20.0. The van der Waals surface area contributed by atoms with Crippen molar-refractivity contribution in [3.05, 3.63) is 112 Å². The zero-order valence-corrected chi connectivity index (χ0v) is 17.4. The zero-order valence-electron chi connectivity index (χ0n) is 17.4. The first-order valence-electron chi connectivity index (χ1n) is 10.5. The van der Waals surface area contributed by atoms with Crippen molar-refractivity contribution < 1.29 is 0 Å². The van der Waals surface area contributed by atoms with Crippen LogP contribution in [0, 0.1) is 6.92 Å². The Bertz CT molecular complexity index is 1220. The van der Waals surface area contributed by atoms with Crippen LogP contribution in [-0.4, -0.2) is 4.57 Å². The highest BCUT2D eigenvalue weighted by atomic mass is 15.0. The number of hydrogen-bond donors (Lipinski definition) is 0. The van der Waals surface area contributed by atoms with Gasteiger partial charge in [0.1, 0.15) is 0 Å². The van der Waals surface area contributed by atoms with Crippen molar-refractivity contribution in [1.82, 2.24) is 4.57 Å². The molecule has 0 fully saturated rings. The molecule has 0 saturated heterocycles. The minimum Gasteiger partial charge on any atom is -0.340 e. The summed E-state index contributed by atoms with van der Waals surface area (Å²) in [5.74, 6) is 0.513. The SMILES string of the molecule is CC1=C(Cc2c(C)n(Cc3ccccc3)c3ccccc23)c2ccccc2C1C. The molecule has 0 radical (unpaired) electrons. The van der Waals surface area contributed by atoms with Crippen LogP contribution in [-0.2, 0) is 13.0 Å². The van der Waals surface area contributed by atoms with Crippen LogP contribution in [0.15, 0.2) is 84.4 Å². The monoisotopic (exact) mass is 377 g/mol. The second-order valence-electron chi connectivity index (χ2n) is 8.30. The minimum atomic E-state index is 0.513.